The number of morpholine rings is 1. The molecule has 1 atom stereocenters. The first kappa shape index (κ1) is 22.6. The topological polar surface area (TPSA) is 57.9 Å². The molecule has 0 saturated carbocycles. The van der Waals surface area contributed by atoms with E-state index in [1.165, 1.54) is 11.1 Å². The van der Waals surface area contributed by atoms with E-state index in [9.17, 15) is 0 Å². The third-order valence-corrected chi connectivity index (χ3v) is 4.72. The monoisotopic (exact) mass is 498 g/mol. The zero-order valence-electron chi connectivity index (χ0n) is 17.1. The van der Waals surface area contributed by atoms with Crippen LogP contribution in [0, 0.1) is 0 Å². The second kappa shape index (κ2) is 10.8. The van der Waals surface area contributed by atoms with Crippen molar-refractivity contribution in [2.24, 2.45) is 12.0 Å². The van der Waals surface area contributed by atoms with E-state index in [-0.39, 0.29) is 30.1 Å². The van der Waals surface area contributed by atoms with E-state index in [0.717, 1.165) is 37.7 Å². The Balaban J connectivity index is 0.00000280. The molecule has 1 unspecified atom stereocenters. The Morgan fingerprint density at radius 3 is 2.71 bits per heavy atom. The number of halogens is 1. The molecule has 1 aromatic carbocycles. The molecule has 1 N–H and O–H groups in total. The van der Waals surface area contributed by atoms with Gasteiger partial charge in [-0.1, -0.05) is 24.3 Å². The number of ether oxygens (including phenoxy) is 1. The number of aromatic nitrogens is 2. The zero-order valence-corrected chi connectivity index (χ0v) is 19.5. The first-order chi connectivity index (χ1) is 13.1. The van der Waals surface area contributed by atoms with Gasteiger partial charge in [0.2, 0.25) is 0 Å². The summed E-state index contributed by atoms with van der Waals surface area (Å²) in [5.41, 5.74) is 3.74. The Morgan fingerprint density at radius 1 is 1.32 bits per heavy atom. The van der Waals surface area contributed by atoms with Gasteiger partial charge in [-0.2, -0.15) is 5.10 Å². The minimum Gasteiger partial charge on any atom is -0.370 e. The molecule has 2 heterocycles. The van der Waals surface area contributed by atoms with Crippen LogP contribution in [0.2, 0.25) is 0 Å². The quantitative estimate of drug-likeness (QED) is 0.390. The molecule has 8 heteroatoms. The molecule has 0 aliphatic carbocycles. The molecule has 0 bridgehead atoms. The second-order valence-electron chi connectivity index (χ2n) is 7.16. The molecule has 28 heavy (non-hydrogen) atoms. The highest BCUT2D eigenvalue weighted by Crippen LogP contribution is 2.21. The number of hydrogen-bond donors (Lipinski definition) is 1. The molecular formula is C20H31IN6O. The average molecular weight is 498 g/mol. The summed E-state index contributed by atoms with van der Waals surface area (Å²) in [5.74, 6) is 0.909. The molecule has 1 aromatic heterocycles. The van der Waals surface area contributed by atoms with E-state index in [4.69, 9.17) is 4.74 Å². The van der Waals surface area contributed by atoms with Gasteiger partial charge in [0.05, 0.1) is 19.3 Å². The summed E-state index contributed by atoms with van der Waals surface area (Å²) in [6, 6.07) is 8.55. The SMILES string of the molecule is CN=C(NCc1ccccc1CN(C)C)N1CCOC(c2cnn(C)c2)C1.I. The molecule has 1 aliphatic rings. The summed E-state index contributed by atoms with van der Waals surface area (Å²) in [6.07, 6.45) is 3.91. The fourth-order valence-electron chi connectivity index (χ4n) is 3.38. The van der Waals surface area contributed by atoms with Gasteiger partial charge in [0, 0.05) is 45.5 Å². The van der Waals surface area contributed by atoms with Crippen molar-refractivity contribution >= 4 is 29.9 Å². The predicted octanol–water partition coefficient (Wildman–Crippen LogP) is 2.25. The molecule has 1 saturated heterocycles. The molecule has 0 radical (unpaired) electrons. The normalized spacial score (nSPS) is 17.5. The Bertz CT molecular complexity index is 776. The average Bonchev–Trinajstić information content (AvgIpc) is 3.10. The number of rotatable bonds is 5. The smallest absolute Gasteiger partial charge is 0.194 e. The van der Waals surface area contributed by atoms with Gasteiger partial charge in [-0.3, -0.25) is 9.67 Å². The van der Waals surface area contributed by atoms with Crippen LogP contribution in [0.15, 0.2) is 41.7 Å². The maximum atomic E-state index is 5.94. The van der Waals surface area contributed by atoms with Crippen molar-refractivity contribution in [3.63, 3.8) is 0 Å². The third kappa shape index (κ3) is 5.92. The lowest BCUT2D eigenvalue weighted by Crippen LogP contribution is -2.48. The number of nitrogens with one attached hydrogen (secondary N) is 1. The lowest BCUT2D eigenvalue weighted by molar-refractivity contribution is -0.00805. The molecule has 2 aromatic rings. The maximum Gasteiger partial charge on any atom is 0.194 e. The Morgan fingerprint density at radius 2 is 2.07 bits per heavy atom. The van der Waals surface area contributed by atoms with Crippen LogP contribution in [0.3, 0.4) is 0 Å². The largest absolute Gasteiger partial charge is 0.370 e. The van der Waals surface area contributed by atoms with E-state index in [0.29, 0.717) is 6.61 Å². The van der Waals surface area contributed by atoms with Gasteiger partial charge in [0.15, 0.2) is 5.96 Å². The fourth-order valence-corrected chi connectivity index (χ4v) is 3.38. The van der Waals surface area contributed by atoms with Gasteiger partial charge in [-0.25, -0.2) is 0 Å². The number of aryl methyl sites for hydroxylation is 1. The van der Waals surface area contributed by atoms with Crippen molar-refractivity contribution in [3.8, 4) is 0 Å². The molecular weight excluding hydrogens is 467 g/mol. The summed E-state index contributed by atoms with van der Waals surface area (Å²) in [7, 11) is 7.95. The van der Waals surface area contributed by atoms with Crippen LogP contribution < -0.4 is 5.32 Å². The number of guanidine groups is 1. The van der Waals surface area contributed by atoms with Crippen molar-refractivity contribution in [2.45, 2.75) is 19.2 Å². The highest BCUT2D eigenvalue weighted by molar-refractivity contribution is 14.0. The summed E-state index contributed by atoms with van der Waals surface area (Å²) >= 11 is 0. The molecule has 0 amide bonds. The summed E-state index contributed by atoms with van der Waals surface area (Å²) in [4.78, 5) is 8.94. The van der Waals surface area contributed by atoms with Crippen LogP contribution >= 0.6 is 24.0 Å². The first-order valence-corrected chi connectivity index (χ1v) is 9.34. The van der Waals surface area contributed by atoms with Gasteiger partial charge in [0.25, 0.3) is 0 Å². The number of benzene rings is 1. The molecule has 3 rings (SSSR count). The van der Waals surface area contributed by atoms with Crippen molar-refractivity contribution in [3.05, 3.63) is 53.3 Å². The lowest BCUT2D eigenvalue weighted by Gasteiger charge is -2.34. The number of hydrogen-bond acceptors (Lipinski definition) is 4. The van der Waals surface area contributed by atoms with Crippen LogP contribution in [-0.2, 0) is 24.9 Å². The minimum atomic E-state index is 0. The van der Waals surface area contributed by atoms with Crippen LogP contribution in [-0.4, -0.2) is 66.4 Å². The standard InChI is InChI=1S/C20H30N6O.HI/c1-21-20(22-11-16-7-5-6-8-17(16)13-24(2)3)26-9-10-27-19(15-26)18-12-23-25(4)14-18;/h5-8,12,14,19H,9-11,13,15H2,1-4H3,(H,21,22);1H. The summed E-state index contributed by atoms with van der Waals surface area (Å²) in [5, 5.41) is 7.79. The predicted molar refractivity (Wildman–Crippen MR) is 123 cm³/mol. The van der Waals surface area contributed by atoms with Crippen LogP contribution in [0.25, 0.3) is 0 Å². The van der Waals surface area contributed by atoms with Crippen LogP contribution in [0.1, 0.15) is 22.8 Å². The van der Waals surface area contributed by atoms with Gasteiger partial charge < -0.3 is 19.9 Å². The van der Waals surface area contributed by atoms with E-state index in [1.807, 2.05) is 31.2 Å². The Kier molecular flexibility index (Phi) is 8.71. The second-order valence-corrected chi connectivity index (χ2v) is 7.16. The maximum absolute atomic E-state index is 5.94. The molecule has 1 fully saturated rings. The van der Waals surface area contributed by atoms with E-state index in [2.05, 4.69) is 63.6 Å². The zero-order chi connectivity index (χ0) is 19.2. The highest BCUT2D eigenvalue weighted by atomic mass is 127. The van der Waals surface area contributed by atoms with E-state index < -0.39 is 0 Å². The van der Waals surface area contributed by atoms with Gasteiger partial charge in [-0.15, -0.1) is 24.0 Å². The van der Waals surface area contributed by atoms with Crippen molar-refractivity contribution < 1.29 is 4.74 Å². The summed E-state index contributed by atoms with van der Waals surface area (Å²) in [6.45, 7) is 3.96. The van der Waals surface area contributed by atoms with Gasteiger partial charge in [0.1, 0.15) is 6.10 Å². The Hall–Kier alpha value is -1.65. The fraction of sp³-hybridized carbons (Fsp3) is 0.500. The third-order valence-electron chi connectivity index (χ3n) is 4.72. The minimum absolute atomic E-state index is 0. The van der Waals surface area contributed by atoms with Crippen LogP contribution in [0.4, 0.5) is 0 Å². The molecule has 154 valence electrons. The molecule has 7 nitrogen and oxygen atoms in total. The molecule has 1 aliphatic heterocycles. The van der Waals surface area contributed by atoms with Crippen molar-refractivity contribution in [2.75, 3.05) is 40.8 Å². The molecule has 0 spiro atoms. The number of aliphatic imine (C=N–C) groups is 1. The summed E-state index contributed by atoms with van der Waals surface area (Å²) < 4.78 is 7.76. The van der Waals surface area contributed by atoms with E-state index in [1.54, 1.807) is 0 Å². The first-order valence-electron chi connectivity index (χ1n) is 9.34. The van der Waals surface area contributed by atoms with Gasteiger partial charge in [-0.05, 0) is 25.2 Å². The van der Waals surface area contributed by atoms with Gasteiger partial charge >= 0.3 is 0 Å². The Labute approximate surface area is 184 Å². The van der Waals surface area contributed by atoms with Crippen molar-refractivity contribution in [1.82, 2.24) is 24.9 Å². The number of nitrogens with zero attached hydrogens (tertiary/aromatic N) is 5. The highest BCUT2D eigenvalue weighted by Gasteiger charge is 2.25. The van der Waals surface area contributed by atoms with E-state index >= 15 is 0 Å². The van der Waals surface area contributed by atoms with Crippen molar-refractivity contribution in [1.29, 1.82) is 0 Å². The lowest BCUT2D eigenvalue weighted by atomic mass is 10.1. The van der Waals surface area contributed by atoms with Crippen LogP contribution in [0.5, 0.6) is 0 Å².